The fourth-order valence-electron chi connectivity index (χ4n) is 1.99. The summed E-state index contributed by atoms with van der Waals surface area (Å²) in [4.78, 5) is 0. The summed E-state index contributed by atoms with van der Waals surface area (Å²) >= 11 is 0. The molecule has 1 unspecified atom stereocenters. The van der Waals surface area contributed by atoms with Gasteiger partial charge in [0.2, 0.25) is 10.0 Å². The minimum Gasteiger partial charge on any atom is -0.497 e. The van der Waals surface area contributed by atoms with Gasteiger partial charge >= 0.3 is 0 Å². The quantitative estimate of drug-likeness (QED) is 0.781. The zero-order valence-electron chi connectivity index (χ0n) is 13.3. The van der Waals surface area contributed by atoms with Gasteiger partial charge in [-0.2, -0.15) is 0 Å². The van der Waals surface area contributed by atoms with Crippen LogP contribution < -0.4 is 9.46 Å². The van der Waals surface area contributed by atoms with Crippen molar-refractivity contribution in [2.45, 2.75) is 19.4 Å². The number of hydrogen-bond donors (Lipinski definition) is 1. The van der Waals surface area contributed by atoms with Gasteiger partial charge in [0.15, 0.2) is 5.82 Å². The SMILES string of the molecule is CCC(CS(=O)(=O)Nc1cn(-c2cccc(OC)c2)nn1)OC. The number of nitrogens with one attached hydrogen (secondary N) is 1. The molecule has 0 aliphatic rings. The van der Waals surface area contributed by atoms with E-state index >= 15 is 0 Å². The molecule has 126 valence electrons. The lowest BCUT2D eigenvalue weighted by molar-refractivity contribution is 0.117. The van der Waals surface area contributed by atoms with Crippen molar-refractivity contribution in [2.75, 3.05) is 24.7 Å². The minimum atomic E-state index is -3.56. The number of methoxy groups -OCH3 is 2. The van der Waals surface area contributed by atoms with Crippen LogP contribution in [0.1, 0.15) is 13.3 Å². The van der Waals surface area contributed by atoms with Crippen LogP contribution in [0.3, 0.4) is 0 Å². The Morgan fingerprint density at radius 1 is 1.35 bits per heavy atom. The molecule has 0 saturated carbocycles. The highest BCUT2D eigenvalue weighted by Crippen LogP contribution is 2.17. The number of sulfonamides is 1. The Labute approximate surface area is 135 Å². The summed E-state index contributed by atoms with van der Waals surface area (Å²) in [6.07, 6.45) is 1.74. The van der Waals surface area contributed by atoms with Crippen LogP contribution in [0.4, 0.5) is 5.82 Å². The highest BCUT2D eigenvalue weighted by atomic mass is 32.2. The van der Waals surface area contributed by atoms with Crippen LogP contribution in [0.25, 0.3) is 5.69 Å². The molecule has 2 rings (SSSR count). The van der Waals surface area contributed by atoms with Crippen molar-refractivity contribution in [3.05, 3.63) is 30.5 Å². The molecule has 2 aromatic rings. The first kappa shape index (κ1) is 17.2. The van der Waals surface area contributed by atoms with E-state index in [0.29, 0.717) is 17.9 Å². The van der Waals surface area contributed by atoms with Gasteiger partial charge in [-0.15, -0.1) is 5.10 Å². The Bertz CT molecular complexity index is 741. The second-order valence-electron chi connectivity index (χ2n) is 4.90. The molecule has 1 aromatic heterocycles. The van der Waals surface area contributed by atoms with Crippen LogP contribution in [-0.2, 0) is 14.8 Å². The molecule has 0 radical (unpaired) electrons. The highest BCUT2D eigenvalue weighted by Gasteiger charge is 2.19. The lowest BCUT2D eigenvalue weighted by atomic mass is 10.3. The van der Waals surface area contributed by atoms with Gasteiger partial charge in [-0.25, -0.2) is 13.1 Å². The van der Waals surface area contributed by atoms with Crippen molar-refractivity contribution in [1.82, 2.24) is 15.0 Å². The predicted molar refractivity (Wildman–Crippen MR) is 86.4 cm³/mol. The molecule has 1 aromatic carbocycles. The van der Waals surface area contributed by atoms with Crippen molar-refractivity contribution < 1.29 is 17.9 Å². The van der Waals surface area contributed by atoms with Crippen LogP contribution in [-0.4, -0.2) is 49.5 Å². The number of aromatic nitrogens is 3. The third-order valence-corrected chi connectivity index (χ3v) is 4.60. The summed E-state index contributed by atoms with van der Waals surface area (Å²) in [5.74, 6) is 0.691. The monoisotopic (exact) mass is 340 g/mol. The predicted octanol–water partition coefficient (Wildman–Crippen LogP) is 1.44. The van der Waals surface area contributed by atoms with Gasteiger partial charge in [0.05, 0.1) is 30.9 Å². The van der Waals surface area contributed by atoms with E-state index in [4.69, 9.17) is 9.47 Å². The summed E-state index contributed by atoms with van der Waals surface area (Å²) in [5, 5.41) is 7.75. The van der Waals surface area contributed by atoms with E-state index in [1.54, 1.807) is 19.2 Å². The van der Waals surface area contributed by atoms with Crippen molar-refractivity contribution >= 4 is 15.8 Å². The van der Waals surface area contributed by atoms with Crippen LogP contribution in [0.15, 0.2) is 30.5 Å². The van der Waals surface area contributed by atoms with Crippen LogP contribution in [0.2, 0.25) is 0 Å². The van der Waals surface area contributed by atoms with E-state index < -0.39 is 10.0 Å². The van der Waals surface area contributed by atoms with E-state index in [1.165, 1.54) is 18.0 Å². The van der Waals surface area contributed by atoms with Gasteiger partial charge in [0.25, 0.3) is 0 Å². The van der Waals surface area contributed by atoms with E-state index in [0.717, 1.165) is 0 Å². The molecule has 1 N–H and O–H groups in total. The minimum absolute atomic E-state index is 0.133. The normalized spacial score (nSPS) is 12.8. The Kier molecular flexibility index (Phi) is 5.56. The van der Waals surface area contributed by atoms with Crippen LogP contribution >= 0.6 is 0 Å². The Balaban J connectivity index is 2.13. The summed E-state index contributed by atoms with van der Waals surface area (Å²) < 4.78 is 38.3. The third kappa shape index (κ3) is 4.67. The Morgan fingerprint density at radius 3 is 2.78 bits per heavy atom. The van der Waals surface area contributed by atoms with Crippen LogP contribution in [0, 0.1) is 0 Å². The second-order valence-corrected chi connectivity index (χ2v) is 6.67. The number of hydrogen-bond acceptors (Lipinski definition) is 6. The molecule has 0 saturated heterocycles. The Hall–Kier alpha value is -2.13. The molecule has 0 amide bonds. The maximum absolute atomic E-state index is 12.1. The molecular weight excluding hydrogens is 320 g/mol. The van der Waals surface area contributed by atoms with Gasteiger partial charge in [0.1, 0.15) is 5.75 Å². The number of rotatable bonds is 8. The summed E-state index contributed by atoms with van der Waals surface area (Å²) in [5.41, 5.74) is 0.714. The molecule has 0 bridgehead atoms. The smallest absolute Gasteiger partial charge is 0.236 e. The fourth-order valence-corrected chi connectivity index (χ4v) is 3.34. The first-order valence-electron chi connectivity index (χ1n) is 7.07. The molecule has 9 heteroatoms. The molecular formula is C14H20N4O4S. The van der Waals surface area contributed by atoms with E-state index in [1.807, 2.05) is 19.1 Å². The average Bonchev–Trinajstić information content (AvgIpc) is 3.00. The molecule has 0 spiro atoms. The van der Waals surface area contributed by atoms with Crippen molar-refractivity contribution in [3.63, 3.8) is 0 Å². The van der Waals surface area contributed by atoms with Gasteiger partial charge in [0, 0.05) is 13.2 Å². The van der Waals surface area contributed by atoms with E-state index in [2.05, 4.69) is 15.0 Å². The van der Waals surface area contributed by atoms with Crippen LogP contribution in [0.5, 0.6) is 5.75 Å². The maximum atomic E-state index is 12.1. The van der Waals surface area contributed by atoms with Crippen molar-refractivity contribution in [2.24, 2.45) is 0 Å². The Morgan fingerprint density at radius 2 is 2.13 bits per heavy atom. The van der Waals surface area contributed by atoms with Gasteiger partial charge in [-0.1, -0.05) is 18.2 Å². The molecule has 8 nitrogen and oxygen atoms in total. The first-order chi connectivity index (χ1) is 11.0. The zero-order valence-corrected chi connectivity index (χ0v) is 14.1. The standard InChI is InChI=1S/C14H20N4O4S/c1-4-12(21-2)10-23(19,20)16-14-9-18(17-15-14)11-6-5-7-13(8-11)22-3/h5-9,12,16H,4,10H2,1-3H3. The van der Waals surface area contributed by atoms with E-state index in [-0.39, 0.29) is 17.7 Å². The zero-order chi connectivity index (χ0) is 16.9. The number of anilines is 1. The average molecular weight is 340 g/mol. The van der Waals surface area contributed by atoms with Gasteiger partial charge in [-0.3, -0.25) is 4.72 Å². The number of ether oxygens (including phenoxy) is 2. The molecule has 23 heavy (non-hydrogen) atoms. The van der Waals surface area contributed by atoms with E-state index in [9.17, 15) is 8.42 Å². The largest absolute Gasteiger partial charge is 0.497 e. The maximum Gasteiger partial charge on any atom is 0.236 e. The number of benzene rings is 1. The third-order valence-electron chi connectivity index (χ3n) is 3.27. The van der Waals surface area contributed by atoms with Crippen molar-refractivity contribution in [1.29, 1.82) is 0 Å². The second kappa shape index (κ2) is 7.42. The van der Waals surface area contributed by atoms with Gasteiger partial charge in [-0.05, 0) is 18.6 Å². The molecule has 1 heterocycles. The molecule has 0 fully saturated rings. The number of nitrogens with zero attached hydrogens (tertiary/aromatic N) is 3. The highest BCUT2D eigenvalue weighted by molar-refractivity contribution is 7.92. The fraction of sp³-hybridized carbons (Fsp3) is 0.429. The first-order valence-corrected chi connectivity index (χ1v) is 8.72. The van der Waals surface area contributed by atoms with Gasteiger partial charge < -0.3 is 9.47 Å². The summed E-state index contributed by atoms with van der Waals surface area (Å²) in [6, 6.07) is 7.20. The molecule has 1 atom stereocenters. The summed E-state index contributed by atoms with van der Waals surface area (Å²) in [7, 11) is -0.497. The lowest BCUT2D eigenvalue weighted by Crippen LogP contribution is -2.27. The molecule has 0 aliphatic heterocycles. The van der Waals surface area contributed by atoms with Crippen molar-refractivity contribution in [3.8, 4) is 11.4 Å². The summed E-state index contributed by atoms with van der Waals surface area (Å²) in [6.45, 7) is 1.86. The lowest BCUT2D eigenvalue weighted by Gasteiger charge is -2.13. The topological polar surface area (TPSA) is 95.3 Å². The molecule has 0 aliphatic carbocycles.